The Morgan fingerprint density at radius 2 is 2.00 bits per heavy atom. The second-order valence-corrected chi connectivity index (χ2v) is 5.39. The van der Waals surface area contributed by atoms with Gasteiger partial charge in [0.25, 0.3) is 5.91 Å². The van der Waals surface area contributed by atoms with Gasteiger partial charge in [-0.05, 0) is 30.7 Å². The number of hydrogen-bond acceptors (Lipinski definition) is 4. The predicted molar refractivity (Wildman–Crippen MR) is 93.2 cm³/mol. The summed E-state index contributed by atoms with van der Waals surface area (Å²) in [5, 5.41) is 3.09. The van der Waals surface area contributed by atoms with Crippen LogP contribution in [-0.2, 0) is 4.79 Å². The van der Waals surface area contributed by atoms with E-state index < -0.39 is 0 Å². The normalized spacial score (nSPS) is 10.1. The molecule has 0 saturated carbocycles. The average molecular weight is 348 g/mol. The van der Waals surface area contributed by atoms with E-state index in [1.54, 1.807) is 42.5 Å². The Labute approximate surface area is 145 Å². The highest BCUT2D eigenvalue weighted by molar-refractivity contribution is 6.33. The van der Waals surface area contributed by atoms with E-state index in [4.69, 9.17) is 21.1 Å². The number of hydrogen-bond donors (Lipinski definition) is 1. The van der Waals surface area contributed by atoms with Gasteiger partial charge in [-0.3, -0.25) is 9.59 Å². The van der Waals surface area contributed by atoms with Gasteiger partial charge in [-0.25, -0.2) is 0 Å². The van der Waals surface area contributed by atoms with Crippen LogP contribution in [-0.4, -0.2) is 25.4 Å². The number of anilines is 1. The van der Waals surface area contributed by atoms with Gasteiger partial charge >= 0.3 is 0 Å². The van der Waals surface area contributed by atoms with Gasteiger partial charge in [0.15, 0.2) is 12.9 Å². The van der Waals surface area contributed by atoms with Crippen molar-refractivity contribution in [3.8, 4) is 11.5 Å². The van der Waals surface area contributed by atoms with Crippen LogP contribution in [0.4, 0.5) is 5.69 Å². The molecule has 5 nitrogen and oxygen atoms in total. The highest BCUT2D eigenvalue weighted by Gasteiger charge is 2.10. The Morgan fingerprint density at radius 1 is 1.21 bits per heavy atom. The summed E-state index contributed by atoms with van der Waals surface area (Å²) in [4.78, 5) is 23.1. The molecule has 2 rings (SSSR count). The Kier molecular flexibility index (Phi) is 6.63. The third-order valence-electron chi connectivity index (χ3n) is 3.09. The molecule has 2 aromatic carbocycles. The number of para-hydroxylation sites is 1. The summed E-state index contributed by atoms with van der Waals surface area (Å²) >= 11 is 5.98. The Balaban J connectivity index is 2.00. The number of benzene rings is 2. The third kappa shape index (κ3) is 4.99. The first kappa shape index (κ1) is 17.8. The zero-order chi connectivity index (χ0) is 17.4. The maximum absolute atomic E-state index is 12.0. The minimum Gasteiger partial charge on any atom is -0.493 e. The molecule has 0 aromatic heterocycles. The van der Waals surface area contributed by atoms with Crippen LogP contribution in [0.15, 0.2) is 42.5 Å². The molecule has 2 aromatic rings. The lowest BCUT2D eigenvalue weighted by molar-refractivity contribution is -0.118. The van der Waals surface area contributed by atoms with Crippen LogP contribution >= 0.6 is 11.6 Å². The SMILES string of the molecule is CCCOc1ccc(C=O)c(OCC(=O)Nc2ccccc2Cl)c1. The van der Waals surface area contributed by atoms with Crippen LogP contribution in [0.25, 0.3) is 0 Å². The lowest BCUT2D eigenvalue weighted by Gasteiger charge is -2.12. The van der Waals surface area contributed by atoms with Crippen molar-refractivity contribution in [2.24, 2.45) is 0 Å². The molecule has 24 heavy (non-hydrogen) atoms. The number of halogens is 1. The van der Waals surface area contributed by atoms with Crippen molar-refractivity contribution >= 4 is 29.5 Å². The number of aldehydes is 1. The number of carbonyl (C=O) groups is 2. The average Bonchev–Trinajstić information content (AvgIpc) is 2.60. The number of rotatable bonds is 8. The zero-order valence-corrected chi connectivity index (χ0v) is 14.0. The van der Waals surface area contributed by atoms with Crippen molar-refractivity contribution in [3.05, 3.63) is 53.1 Å². The number of nitrogens with one attached hydrogen (secondary N) is 1. The molecule has 0 aliphatic heterocycles. The van der Waals surface area contributed by atoms with E-state index in [0.29, 0.717) is 40.7 Å². The molecular weight excluding hydrogens is 330 g/mol. The highest BCUT2D eigenvalue weighted by atomic mass is 35.5. The number of amides is 1. The summed E-state index contributed by atoms with van der Waals surface area (Å²) < 4.78 is 11.0. The van der Waals surface area contributed by atoms with Crippen LogP contribution in [0.1, 0.15) is 23.7 Å². The van der Waals surface area contributed by atoms with Crippen molar-refractivity contribution in [3.63, 3.8) is 0 Å². The second-order valence-electron chi connectivity index (χ2n) is 4.98. The molecule has 0 fully saturated rings. The third-order valence-corrected chi connectivity index (χ3v) is 3.42. The molecule has 1 amide bonds. The van der Waals surface area contributed by atoms with Crippen molar-refractivity contribution in [1.82, 2.24) is 0 Å². The summed E-state index contributed by atoms with van der Waals surface area (Å²) in [5.74, 6) is 0.511. The van der Waals surface area contributed by atoms with Gasteiger partial charge in [0.1, 0.15) is 11.5 Å². The van der Waals surface area contributed by atoms with E-state index >= 15 is 0 Å². The molecule has 0 radical (unpaired) electrons. The van der Waals surface area contributed by atoms with Gasteiger partial charge in [0, 0.05) is 6.07 Å². The summed E-state index contributed by atoms with van der Waals surface area (Å²) in [7, 11) is 0. The fraction of sp³-hybridized carbons (Fsp3) is 0.222. The zero-order valence-electron chi connectivity index (χ0n) is 13.3. The molecule has 126 valence electrons. The molecule has 0 unspecified atom stereocenters. The van der Waals surface area contributed by atoms with Crippen molar-refractivity contribution in [2.75, 3.05) is 18.5 Å². The molecule has 0 spiro atoms. The lowest BCUT2D eigenvalue weighted by atomic mass is 10.2. The molecule has 0 aliphatic carbocycles. The van der Waals surface area contributed by atoms with Gasteiger partial charge in [-0.2, -0.15) is 0 Å². The van der Waals surface area contributed by atoms with E-state index in [-0.39, 0.29) is 12.5 Å². The first-order valence-electron chi connectivity index (χ1n) is 7.53. The maximum Gasteiger partial charge on any atom is 0.262 e. The molecule has 0 aliphatic rings. The van der Waals surface area contributed by atoms with E-state index in [1.807, 2.05) is 6.92 Å². The fourth-order valence-electron chi connectivity index (χ4n) is 1.94. The largest absolute Gasteiger partial charge is 0.493 e. The minimum absolute atomic E-state index is 0.247. The monoisotopic (exact) mass is 347 g/mol. The first-order valence-corrected chi connectivity index (χ1v) is 7.91. The lowest BCUT2D eigenvalue weighted by Crippen LogP contribution is -2.20. The summed E-state index contributed by atoms with van der Waals surface area (Å²) in [6, 6.07) is 11.8. The molecular formula is C18H18ClNO4. The first-order chi connectivity index (χ1) is 11.6. The van der Waals surface area contributed by atoms with Gasteiger partial charge in [-0.15, -0.1) is 0 Å². The van der Waals surface area contributed by atoms with Gasteiger partial charge in [0.05, 0.1) is 22.9 Å². The fourth-order valence-corrected chi connectivity index (χ4v) is 2.12. The predicted octanol–water partition coefficient (Wildman–Crippen LogP) is 3.96. The van der Waals surface area contributed by atoms with Gasteiger partial charge < -0.3 is 14.8 Å². The van der Waals surface area contributed by atoms with Crippen LogP contribution in [0.2, 0.25) is 5.02 Å². The molecule has 0 heterocycles. The summed E-state index contributed by atoms with van der Waals surface area (Å²) in [5.41, 5.74) is 0.854. The van der Waals surface area contributed by atoms with Crippen molar-refractivity contribution in [2.45, 2.75) is 13.3 Å². The minimum atomic E-state index is -0.375. The van der Waals surface area contributed by atoms with Crippen LogP contribution in [0.3, 0.4) is 0 Å². The van der Waals surface area contributed by atoms with Crippen LogP contribution in [0.5, 0.6) is 11.5 Å². The van der Waals surface area contributed by atoms with E-state index in [1.165, 1.54) is 0 Å². The maximum atomic E-state index is 12.0. The molecule has 0 saturated heterocycles. The van der Waals surface area contributed by atoms with Crippen molar-refractivity contribution < 1.29 is 19.1 Å². The molecule has 0 atom stereocenters. The Morgan fingerprint density at radius 3 is 2.71 bits per heavy atom. The quantitative estimate of drug-likeness (QED) is 0.734. The molecule has 1 N–H and O–H groups in total. The number of carbonyl (C=O) groups excluding carboxylic acids is 2. The van der Waals surface area contributed by atoms with E-state index in [2.05, 4.69) is 5.32 Å². The highest BCUT2D eigenvalue weighted by Crippen LogP contribution is 2.24. The van der Waals surface area contributed by atoms with E-state index in [0.717, 1.165) is 6.42 Å². The molecule has 0 bridgehead atoms. The Bertz CT molecular complexity index is 718. The molecule has 6 heteroatoms. The Hall–Kier alpha value is -2.53. The van der Waals surface area contributed by atoms with Crippen LogP contribution < -0.4 is 14.8 Å². The summed E-state index contributed by atoms with van der Waals surface area (Å²) in [6.45, 7) is 2.31. The smallest absolute Gasteiger partial charge is 0.262 e. The number of ether oxygens (including phenoxy) is 2. The topological polar surface area (TPSA) is 64.6 Å². The van der Waals surface area contributed by atoms with Gasteiger partial charge in [-0.1, -0.05) is 30.7 Å². The van der Waals surface area contributed by atoms with Gasteiger partial charge in [0.2, 0.25) is 0 Å². The second kappa shape index (κ2) is 8.93. The van der Waals surface area contributed by atoms with Crippen molar-refractivity contribution in [1.29, 1.82) is 0 Å². The summed E-state index contributed by atoms with van der Waals surface area (Å²) in [6.07, 6.45) is 1.54. The van der Waals surface area contributed by atoms with E-state index in [9.17, 15) is 9.59 Å². The van der Waals surface area contributed by atoms with Crippen LogP contribution in [0, 0.1) is 0 Å². The standard InChI is InChI=1S/C18H18ClNO4/c1-2-9-23-14-8-7-13(11-21)17(10-14)24-12-18(22)20-16-6-4-3-5-15(16)19/h3-8,10-11H,2,9,12H2,1H3,(H,20,22).